The molecular formula is C17H12F3N5O. The Morgan fingerprint density at radius 3 is 2.31 bits per heavy atom. The molecule has 132 valence electrons. The van der Waals surface area contributed by atoms with Crippen LogP contribution in [-0.4, -0.2) is 20.0 Å². The number of alkyl halides is 3. The first-order chi connectivity index (χ1) is 12.4. The molecular weight excluding hydrogens is 347 g/mol. The molecule has 0 radical (unpaired) electrons. The SMILES string of the molecule is N#Cc1ccc(N(Cc2ccc(O)c(C(F)(F)F)c2)n2cnnc2)cc1. The van der Waals surface area contributed by atoms with Gasteiger partial charge in [0.2, 0.25) is 0 Å². The lowest BCUT2D eigenvalue weighted by molar-refractivity contribution is -0.138. The summed E-state index contributed by atoms with van der Waals surface area (Å²) in [6.45, 7) is 0.0628. The first-order valence-corrected chi connectivity index (χ1v) is 7.40. The van der Waals surface area contributed by atoms with E-state index in [1.165, 1.54) is 23.4 Å². The lowest BCUT2D eigenvalue weighted by Crippen LogP contribution is -2.28. The molecule has 26 heavy (non-hydrogen) atoms. The second kappa shape index (κ2) is 6.76. The van der Waals surface area contributed by atoms with Gasteiger partial charge in [-0.15, -0.1) is 10.2 Å². The van der Waals surface area contributed by atoms with Gasteiger partial charge < -0.3 is 5.11 Å². The van der Waals surface area contributed by atoms with Gasteiger partial charge in [-0.3, -0.25) is 5.01 Å². The van der Waals surface area contributed by atoms with Crippen LogP contribution in [0.4, 0.5) is 18.9 Å². The van der Waals surface area contributed by atoms with Gasteiger partial charge in [-0.2, -0.15) is 18.4 Å². The van der Waals surface area contributed by atoms with Gasteiger partial charge in [0.05, 0.1) is 29.4 Å². The van der Waals surface area contributed by atoms with Crippen molar-refractivity contribution < 1.29 is 18.3 Å². The van der Waals surface area contributed by atoms with E-state index in [-0.39, 0.29) is 6.54 Å². The lowest BCUT2D eigenvalue weighted by atomic mass is 10.1. The molecule has 0 aliphatic rings. The third kappa shape index (κ3) is 3.59. The summed E-state index contributed by atoms with van der Waals surface area (Å²) in [6, 6.07) is 11.9. The molecule has 0 unspecified atom stereocenters. The van der Waals surface area contributed by atoms with Gasteiger partial charge in [0, 0.05) is 0 Å². The highest BCUT2D eigenvalue weighted by Gasteiger charge is 2.34. The maximum absolute atomic E-state index is 13.0. The molecule has 0 saturated heterocycles. The van der Waals surface area contributed by atoms with Crippen LogP contribution < -0.4 is 5.01 Å². The largest absolute Gasteiger partial charge is 0.507 e. The van der Waals surface area contributed by atoms with Gasteiger partial charge in [-0.05, 0) is 42.0 Å². The van der Waals surface area contributed by atoms with Crippen molar-refractivity contribution in [2.24, 2.45) is 0 Å². The number of hydrogen-bond donors (Lipinski definition) is 1. The highest BCUT2D eigenvalue weighted by atomic mass is 19.4. The van der Waals surface area contributed by atoms with Crippen LogP contribution in [0.15, 0.2) is 55.1 Å². The number of aromatic hydroxyl groups is 1. The molecule has 0 aliphatic heterocycles. The Morgan fingerprint density at radius 2 is 1.73 bits per heavy atom. The van der Waals surface area contributed by atoms with E-state index in [9.17, 15) is 18.3 Å². The van der Waals surface area contributed by atoms with E-state index in [1.54, 1.807) is 29.3 Å². The molecule has 0 saturated carbocycles. The zero-order chi connectivity index (χ0) is 18.7. The second-order valence-corrected chi connectivity index (χ2v) is 5.41. The van der Waals surface area contributed by atoms with Crippen LogP contribution in [0.2, 0.25) is 0 Å². The van der Waals surface area contributed by atoms with E-state index in [4.69, 9.17) is 5.26 Å². The number of phenolic OH excluding ortho intramolecular Hbond substituents is 1. The second-order valence-electron chi connectivity index (χ2n) is 5.41. The molecule has 1 N–H and O–H groups in total. The van der Waals surface area contributed by atoms with Crippen LogP contribution in [0.5, 0.6) is 5.75 Å². The number of rotatable bonds is 4. The Bertz CT molecular complexity index is 931. The minimum Gasteiger partial charge on any atom is -0.507 e. The summed E-state index contributed by atoms with van der Waals surface area (Å²) in [4.78, 5) is 0. The molecule has 0 amide bonds. The van der Waals surface area contributed by atoms with E-state index in [0.717, 1.165) is 12.1 Å². The predicted molar refractivity (Wildman–Crippen MR) is 85.9 cm³/mol. The Morgan fingerprint density at radius 1 is 1.08 bits per heavy atom. The monoisotopic (exact) mass is 359 g/mol. The van der Waals surface area contributed by atoms with Crippen LogP contribution >= 0.6 is 0 Å². The standard InChI is InChI=1S/C17H12F3N5O/c18-17(19,20)15-7-13(3-6-16(15)26)9-25(24-10-22-23-11-24)14-4-1-12(8-21)2-5-14/h1-7,10-11,26H,9H2. The fraction of sp³-hybridized carbons (Fsp3) is 0.118. The zero-order valence-corrected chi connectivity index (χ0v) is 13.2. The molecule has 3 aromatic rings. The van der Waals surface area contributed by atoms with E-state index in [2.05, 4.69) is 10.2 Å². The number of benzene rings is 2. The number of nitrogens with zero attached hydrogens (tertiary/aromatic N) is 5. The number of anilines is 1. The third-order valence-electron chi connectivity index (χ3n) is 3.68. The van der Waals surface area contributed by atoms with Crippen molar-refractivity contribution in [3.8, 4) is 11.8 Å². The fourth-order valence-corrected chi connectivity index (χ4v) is 2.42. The molecule has 3 rings (SSSR count). The summed E-state index contributed by atoms with van der Waals surface area (Å²) in [6.07, 6.45) is -1.84. The van der Waals surface area contributed by atoms with Gasteiger partial charge in [0.1, 0.15) is 18.4 Å². The third-order valence-corrected chi connectivity index (χ3v) is 3.68. The van der Waals surface area contributed by atoms with Crippen molar-refractivity contribution in [3.63, 3.8) is 0 Å². The van der Waals surface area contributed by atoms with Crippen LogP contribution in [0.1, 0.15) is 16.7 Å². The molecule has 1 aromatic heterocycles. The molecule has 0 aliphatic carbocycles. The maximum atomic E-state index is 13.0. The molecule has 0 atom stereocenters. The van der Waals surface area contributed by atoms with Crippen molar-refractivity contribution in [2.75, 3.05) is 5.01 Å². The average Bonchev–Trinajstić information content (AvgIpc) is 3.14. The summed E-state index contributed by atoms with van der Waals surface area (Å²) >= 11 is 0. The van der Waals surface area contributed by atoms with E-state index in [0.29, 0.717) is 16.8 Å². The topological polar surface area (TPSA) is 78.0 Å². The minimum atomic E-state index is -4.66. The average molecular weight is 359 g/mol. The normalized spacial score (nSPS) is 11.2. The fourth-order valence-electron chi connectivity index (χ4n) is 2.42. The van der Waals surface area contributed by atoms with E-state index >= 15 is 0 Å². The number of aromatic nitrogens is 3. The van der Waals surface area contributed by atoms with Crippen LogP contribution in [0, 0.1) is 11.3 Å². The van der Waals surface area contributed by atoms with E-state index in [1.807, 2.05) is 6.07 Å². The number of halogens is 3. The Labute approximate surface area is 146 Å². The van der Waals surface area contributed by atoms with Crippen molar-refractivity contribution >= 4 is 5.69 Å². The van der Waals surface area contributed by atoms with Crippen molar-refractivity contribution in [2.45, 2.75) is 12.7 Å². The van der Waals surface area contributed by atoms with Crippen molar-refractivity contribution in [1.29, 1.82) is 5.26 Å². The highest BCUT2D eigenvalue weighted by Crippen LogP contribution is 2.36. The van der Waals surface area contributed by atoms with Crippen LogP contribution in [0.25, 0.3) is 0 Å². The van der Waals surface area contributed by atoms with Gasteiger partial charge in [-0.25, -0.2) is 4.68 Å². The minimum absolute atomic E-state index is 0.0628. The van der Waals surface area contributed by atoms with Crippen molar-refractivity contribution in [3.05, 3.63) is 71.8 Å². The summed E-state index contributed by atoms with van der Waals surface area (Å²) in [5, 5.41) is 27.4. The Kier molecular flexibility index (Phi) is 4.49. The summed E-state index contributed by atoms with van der Waals surface area (Å²) in [5.74, 6) is -0.824. The summed E-state index contributed by atoms with van der Waals surface area (Å²) in [7, 11) is 0. The molecule has 0 fully saturated rings. The first-order valence-electron chi connectivity index (χ1n) is 7.40. The number of phenols is 1. The van der Waals surface area contributed by atoms with Crippen LogP contribution in [-0.2, 0) is 12.7 Å². The zero-order valence-electron chi connectivity index (χ0n) is 13.2. The lowest BCUT2D eigenvalue weighted by Gasteiger charge is -2.25. The quantitative estimate of drug-likeness (QED) is 0.773. The van der Waals surface area contributed by atoms with Gasteiger partial charge in [-0.1, -0.05) is 6.07 Å². The molecule has 2 aromatic carbocycles. The predicted octanol–water partition coefficient (Wildman–Crippen LogP) is 3.34. The molecule has 9 heteroatoms. The first kappa shape index (κ1) is 17.3. The molecule has 0 spiro atoms. The molecule has 1 heterocycles. The Balaban J connectivity index is 1.98. The molecule has 0 bridgehead atoms. The van der Waals surface area contributed by atoms with Gasteiger partial charge >= 0.3 is 6.18 Å². The van der Waals surface area contributed by atoms with E-state index < -0.39 is 17.5 Å². The number of hydrogen-bond acceptors (Lipinski definition) is 5. The van der Waals surface area contributed by atoms with Crippen LogP contribution in [0.3, 0.4) is 0 Å². The summed E-state index contributed by atoms with van der Waals surface area (Å²) < 4.78 is 40.6. The van der Waals surface area contributed by atoms with Crippen molar-refractivity contribution in [1.82, 2.24) is 14.9 Å². The maximum Gasteiger partial charge on any atom is 0.419 e. The smallest absolute Gasteiger partial charge is 0.419 e. The number of nitriles is 1. The molecule has 6 nitrogen and oxygen atoms in total. The van der Waals surface area contributed by atoms with Gasteiger partial charge in [0.15, 0.2) is 0 Å². The highest BCUT2D eigenvalue weighted by molar-refractivity contribution is 5.50. The Hall–Kier alpha value is -3.54. The van der Waals surface area contributed by atoms with Gasteiger partial charge in [0.25, 0.3) is 0 Å². The summed E-state index contributed by atoms with van der Waals surface area (Å²) in [5.41, 5.74) is 0.318.